The molecule has 3 aliphatic rings. The Labute approximate surface area is 295 Å². The van der Waals surface area contributed by atoms with Gasteiger partial charge in [0, 0.05) is 32.2 Å². The predicted octanol–water partition coefficient (Wildman–Crippen LogP) is 5.25. The molecule has 4 heterocycles. The van der Waals surface area contributed by atoms with E-state index in [9.17, 15) is 22.8 Å². The summed E-state index contributed by atoms with van der Waals surface area (Å²) in [6.45, 7) is 12.4. The molecule has 50 heavy (non-hydrogen) atoms. The molecule has 2 aromatic rings. The Morgan fingerprint density at radius 3 is 2.34 bits per heavy atom. The number of carbonyl (C=O) groups excluding carboxylic acids is 3. The van der Waals surface area contributed by atoms with Gasteiger partial charge in [-0.1, -0.05) is 17.7 Å². The highest BCUT2D eigenvalue weighted by Crippen LogP contribution is 2.47. The average molecular weight is 741 g/mol. The van der Waals surface area contributed by atoms with Crippen molar-refractivity contribution in [3.8, 4) is 22.8 Å². The van der Waals surface area contributed by atoms with Crippen LogP contribution in [0.1, 0.15) is 65.2 Å². The molecular formula is C33H42ClFN4O10S. The number of rotatable bonds is 5. The predicted molar refractivity (Wildman–Crippen MR) is 181 cm³/mol. The van der Waals surface area contributed by atoms with E-state index in [1.807, 2.05) is 0 Å². The summed E-state index contributed by atoms with van der Waals surface area (Å²) in [5, 5.41) is -0.226. The van der Waals surface area contributed by atoms with Crippen molar-refractivity contribution in [2.75, 3.05) is 43.9 Å². The summed E-state index contributed by atoms with van der Waals surface area (Å²) in [7, 11) is -3.82. The summed E-state index contributed by atoms with van der Waals surface area (Å²) in [6.07, 6.45) is -1.19. The number of benzene rings is 1. The second-order valence-electron chi connectivity index (χ2n) is 14.5. The summed E-state index contributed by atoms with van der Waals surface area (Å²) in [6, 6.07) is 2.80. The van der Waals surface area contributed by atoms with Crippen LogP contribution in [0.4, 0.5) is 19.8 Å². The Morgan fingerprint density at radius 2 is 1.70 bits per heavy atom. The van der Waals surface area contributed by atoms with Crippen molar-refractivity contribution in [3.05, 3.63) is 34.6 Å². The standard InChI is InChI=1S/C33H42ClFN4O10S/c1-18-14-20(49-50(8,43)44)16-39(18)28-24-27(45-17-19-15-37(12-13-38(19)29(24)40)30(41)47-32(2,3)4)25(34)26(36-28)23-21(35)10-9-11-22(23)46-31(42)48-33(5,6)7/h9-11,18-20H,12-17H2,1-8H3/t18-,19+,20+/m0/s1. The molecule has 0 aliphatic carbocycles. The molecule has 1 aromatic heterocycles. The fraction of sp³-hybridized carbons (Fsp3) is 0.576. The third-order valence-corrected chi connectivity index (χ3v) is 8.99. The molecule has 3 aliphatic heterocycles. The van der Waals surface area contributed by atoms with Gasteiger partial charge in [0.05, 0.1) is 24.0 Å². The van der Waals surface area contributed by atoms with E-state index >= 15 is 4.39 Å². The highest BCUT2D eigenvalue weighted by molar-refractivity contribution is 7.86. The molecule has 3 atom stereocenters. The number of fused-ring (bicyclic) bond motifs is 2. The molecule has 2 fully saturated rings. The van der Waals surface area contributed by atoms with Crippen LogP contribution in [0.25, 0.3) is 11.3 Å². The van der Waals surface area contributed by atoms with E-state index in [4.69, 9.17) is 39.7 Å². The first kappa shape index (κ1) is 37.4. The smallest absolute Gasteiger partial charge is 0.489 e. The Morgan fingerprint density at radius 1 is 1.02 bits per heavy atom. The van der Waals surface area contributed by atoms with Crippen molar-refractivity contribution in [1.29, 1.82) is 0 Å². The molecule has 17 heteroatoms. The molecule has 2 amide bonds. The summed E-state index contributed by atoms with van der Waals surface area (Å²) in [5.41, 5.74) is -2.15. The van der Waals surface area contributed by atoms with Crippen molar-refractivity contribution in [2.24, 2.45) is 0 Å². The number of hydrogen-bond donors (Lipinski definition) is 0. The normalized spacial score (nSPS) is 21.2. The number of amides is 2. The fourth-order valence-electron chi connectivity index (χ4n) is 6.09. The topological polar surface area (TPSA) is 154 Å². The maximum atomic E-state index is 15.8. The molecule has 5 rings (SSSR count). The van der Waals surface area contributed by atoms with E-state index in [2.05, 4.69) is 0 Å². The van der Waals surface area contributed by atoms with E-state index in [-0.39, 0.29) is 78.4 Å². The van der Waals surface area contributed by atoms with Gasteiger partial charge in [0.2, 0.25) is 0 Å². The number of halogens is 2. The molecule has 0 radical (unpaired) electrons. The molecule has 0 bridgehead atoms. The van der Waals surface area contributed by atoms with Gasteiger partial charge >= 0.3 is 12.2 Å². The van der Waals surface area contributed by atoms with E-state index in [1.165, 1.54) is 17.0 Å². The first-order valence-electron chi connectivity index (χ1n) is 16.1. The van der Waals surface area contributed by atoms with Gasteiger partial charge < -0.3 is 33.6 Å². The van der Waals surface area contributed by atoms with Crippen molar-refractivity contribution < 1.29 is 50.3 Å². The van der Waals surface area contributed by atoms with E-state index in [1.54, 1.807) is 58.3 Å². The van der Waals surface area contributed by atoms with Crippen LogP contribution in [0.5, 0.6) is 11.5 Å². The summed E-state index contributed by atoms with van der Waals surface area (Å²) in [4.78, 5) is 49.6. The zero-order chi connectivity index (χ0) is 36.9. The molecule has 0 unspecified atom stereocenters. The van der Waals surface area contributed by atoms with Gasteiger partial charge in [-0.25, -0.2) is 19.0 Å². The largest absolute Gasteiger partial charge is 0.514 e. The first-order valence-corrected chi connectivity index (χ1v) is 18.3. The second kappa shape index (κ2) is 13.7. The lowest BCUT2D eigenvalue weighted by Gasteiger charge is -2.40. The Balaban J connectivity index is 1.62. The first-order chi connectivity index (χ1) is 23.1. The van der Waals surface area contributed by atoms with E-state index in [0.717, 1.165) is 12.3 Å². The van der Waals surface area contributed by atoms with Gasteiger partial charge in [0.25, 0.3) is 16.0 Å². The fourth-order valence-corrected chi connectivity index (χ4v) is 7.01. The number of ether oxygens (including phenoxy) is 4. The zero-order valence-corrected chi connectivity index (χ0v) is 30.8. The number of pyridine rings is 1. The van der Waals surface area contributed by atoms with Crippen molar-refractivity contribution in [1.82, 2.24) is 14.8 Å². The summed E-state index contributed by atoms with van der Waals surface area (Å²) >= 11 is 6.96. The number of hydrogen-bond acceptors (Lipinski definition) is 12. The minimum atomic E-state index is -3.82. The van der Waals surface area contributed by atoms with Crippen LogP contribution in [0.2, 0.25) is 5.02 Å². The molecule has 0 saturated carbocycles. The van der Waals surface area contributed by atoms with Gasteiger partial charge in [0.1, 0.15) is 51.5 Å². The molecule has 14 nitrogen and oxygen atoms in total. The lowest BCUT2D eigenvalue weighted by atomic mass is 10.0. The van der Waals surface area contributed by atoms with Crippen LogP contribution in [-0.4, -0.2) is 110 Å². The average Bonchev–Trinajstić information content (AvgIpc) is 3.24. The Kier molecular flexibility index (Phi) is 10.2. The van der Waals surface area contributed by atoms with Gasteiger partial charge in [0.15, 0.2) is 5.75 Å². The minimum Gasteiger partial charge on any atom is -0.489 e. The Bertz CT molecular complexity index is 1800. The molecule has 0 spiro atoms. The van der Waals surface area contributed by atoms with Gasteiger partial charge in [-0.15, -0.1) is 0 Å². The lowest BCUT2D eigenvalue weighted by Crippen LogP contribution is -2.58. The van der Waals surface area contributed by atoms with Crippen LogP contribution in [0, 0.1) is 5.82 Å². The quantitative estimate of drug-likeness (QED) is 0.223. The van der Waals surface area contributed by atoms with Crippen LogP contribution in [0.15, 0.2) is 18.2 Å². The van der Waals surface area contributed by atoms with Gasteiger partial charge in [-0.2, -0.15) is 8.42 Å². The van der Waals surface area contributed by atoms with Crippen LogP contribution in [0.3, 0.4) is 0 Å². The third-order valence-electron chi connectivity index (χ3n) is 8.02. The third kappa shape index (κ3) is 8.35. The van der Waals surface area contributed by atoms with Crippen molar-refractivity contribution in [3.63, 3.8) is 0 Å². The molecule has 274 valence electrons. The maximum absolute atomic E-state index is 15.8. The molecule has 0 N–H and O–H groups in total. The van der Waals surface area contributed by atoms with Gasteiger partial charge in [-0.05, 0) is 67.0 Å². The van der Waals surface area contributed by atoms with Crippen LogP contribution < -0.4 is 14.4 Å². The lowest BCUT2D eigenvalue weighted by molar-refractivity contribution is 0.000934. The maximum Gasteiger partial charge on any atom is 0.514 e. The molecule has 2 saturated heterocycles. The van der Waals surface area contributed by atoms with Crippen LogP contribution >= 0.6 is 11.6 Å². The summed E-state index contributed by atoms with van der Waals surface area (Å²) < 4.78 is 67.7. The Hall–Kier alpha value is -3.89. The van der Waals surface area contributed by atoms with E-state index < -0.39 is 63.5 Å². The molecular weight excluding hydrogens is 699 g/mol. The number of piperazine rings is 1. The SMILES string of the molecule is C[C@H]1C[C@@H](OS(C)(=O)=O)CN1c1nc(-c2c(F)cccc2OC(=O)OC(C)(C)C)c(Cl)c2c1C(=O)N1CCN(C(=O)OC(C)(C)C)C[C@@H]1CO2. The minimum absolute atomic E-state index is 0.0103. The molecule has 1 aromatic carbocycles. The van der Waals surface area contributed by atoms with Crippen molar-refractivity contribution in [2.45, 2.75) is 84.3 Å². The number of nitrogens with zero attached hydrogens (tertiary/aromatic N) is 4. The van der Waals surface area contributed by atoms with Crippen molar-refractivity contribution >= 4 is 45.7 Å². The van der Waals surface area contributed by atoms with Gasteiger partial charge in [-0.3, -0.25) is 8.98 Å². The number of anilines is 1. The highest BCUT2D eigenvalue weighted by atomic mass is 35.5. The summed E-state index contributed by atoms with van der Waals surface area (Å²) in [5.74, 6) is -1.65. The van der Waals surface area contributed by atoms with E-state index in [0.29, 0.717) is 0 Å². The monoisotopic (exact) mass is 740 g/mol. The second-order valence-corrected chi connectivity index (χ2v) is 16.5. The van der Waals surface area contributed by atoms with Crippen LogP contribution in [-0.2, 0) is 23.8 Å². The highest BCUT2D eigenvalue weighted by Gasteiger charge is 2.44. The zero-order valence-electron chi connectivity index (χ0n) is 29.2. The number of carbonyl (C=O) groups is 3. The number of aromatic nitrogens is 1.